The van der Waals surface area contributed by atoms with Crippen molar-refractivity contribution in [3.05, 3.63) is 59.3 Å². The number of ether oxygens (including phenoxy) is 1. The van der Waals surface area contributed by atoms with Gasteiger partial charge in [0.25, 0.3) is 5.91 Å². The average Bonchev–Trinajstić information content (AvgIpc) is 3.53. The van der Waals surface area contributed by atoms with Crippen LogP contribution in [0.25, 0.3) is 11.0 Å². The van der Waals surface area contributed by atoms with E-state index in [1.165, 1.54) is 24.2 Å². The van der Waals surface area contributed by atoms with Gasteiger partial charge in [0.1, 0.15) is 17.1 Å². The summed E-state index contributed by atoms with van der Waals surface area (Å²) in [5.74, 6) is -2.43. The highest BCUT2D eigenvalue weighted by molar-refractivity contribution is 7.78. The Hall–Kier alpha value is -4.43. The quantitative estimate of drug-likeness (QED) is 0.233. The summed E-state index contributed by atoms with van der Waals surface area (Å²) in [5.41, 5.74) is 2.15. The molecule has 1 aliphatic rings. The van der Waals surface area contributed by atoms with Crippen molar-refractivity contribution >= 4 is 64.5 Å². The average molecular weight is 583 g/mol. The van der Waals surface area contributed by atoms with Crippen molar-refractivity contribution in [3.8, 4) is 5.75 Å². The van der Waals surface area contributed by atoms with Gasteiger partial charge in [0.05, 0.1) is 30.4 Å². The number of nitrogens with zero attached hydrogens (tertiary/aromatic N) is 5. The first-order valence-corrected chi connectivity index (χ1v) is 13.0. The molecule has 0 unspecified atom stereocenters. The fourth-order valence-corrected chi connectivity index (χ4v) is 4.92. The maximum atomic E-state index is 14.7. The number of amides is 2. The van der Waals surface area contributed by atoms with Crippen molar-refractivity contribution in [2.75, 3.05) is 56.9 Å². The summed E-state index contributed by atoms with van der Waals surface area (Å²) in [7, 11) is 6.53. The first-order valence-electron chi connectivity index (χ1n) is 12.6. The standard InChI is InChI=1S/C27H28F2N8O3S/c1-30-26(39)22-17(6-5-16(28)23(22)29)31-24-15-8-10-37(41)25(15)34-27(33-24)32-18-12-19-14(11-20(18)40-4)7-9-36(19)21(38)13-35(2)3/h5-6,8,10-12,41H,7,9,13H2,1-4H3,(H,30,39)(H2,31,32,33,34). The number of hydrogen-bond donors (Lipinski definition) is 4. The highest BCUT2D eigenvalue weighted by Crippen LogP contribution is 2.39. The van der Waals surface area contributed by atoms with Gasteiger partial charge in [-0.2, -0.15) is 9.97 Å². The maximum Gasteiger partial charge on any atom is 0.256 e. The lowest BCUT2D eigenvalue weighted by atomic mass is 10.1. The molecule has 0 radical (unpaired) electrons. The molecule has 0 fully saturated rings. The summed E-state index contributed by atoms with van der Waals surface area (Å²) in [6, 6.07) is 7.55. The Morgan fingerprint density at radius 2 is 1.90 bits per heavy atom. The fourth-order valence-electron chi connectivity index (χ4n) is 4.70. The molecule has 4 aromatic rings. The molecule has 0 spiro atoms. The van der Waals surface area contributed by atoms with Gasteiger partial charge in [0, 0.05) is 25.5 Å². The topological polar surface area (TPSA) is 117 Å². The zero-order valence-electron chi connectivity index (χ0n) is 22.7. The number of aromatic nitrogens is 3. The zero-order valence-corrected chi connectivity index (χ0v) is 23.6. The van der Waals surface area contributed by atoms with Crippen molar-refractivity contribution < 1.29 is 23.1 Å². The Morgan fingerprint density at radius 1 is 1.12 bits per heavy atom. The first-order chi connectivity index (χ1) is 19.6. The predicted octanol–water partition coefficient (Wildman–Crippen LogP) is 3.71. The second-order valence-corrected chi connectivity index (χ2v) is 10.1. The highest BCUT2D eigenvalue weighted by Gasteiger charge is 2.27. The minimum absolute atomic E-state index is 0.00581. The third kappa shape index (κ3) is 5.35. The molecule has 2 aromatic heterocycles. The van der Waals surface area contributed by atoms with Gasteiger partial charge in [-0.15, -0.1) is 0 Å². The smallest absolute Gasteiger partial charge is 0.256 e. The number of carbonyl (C=O) groups excluding carboxylic acids is 2. The summed E-state index contributed by atoms with van der Waals surface area (Å²) in [6.07, 6.45) is 2.34. The summed E-state index contributed by atoms with van der Waals surface area (Å²) in [5, 5.41) is 8.95. The third-order valence-corrected chi connectivity index (χ3v) is 6.95. The van der Waals surface area contributed by atoms with Crippen LogP contribution in [0.2, 0.25) is 0 Å². The van der Waals surface area contributed by atoms with E-state index in [1.54, 1.807) is 17.2 Å². The van der Waals surface area contributed by atoms with Gasteiger partial charge in [0.2, 0.25) is 11.9 Å². The van der Waals surface area contributed by atoms with Crippen LogP contribution in [0.1, 0.15) is 15.9 Å². The van der Waals surface area contributed by atoms with Crippen molar-refractivity contribution in [1.82, 2.24) is 24.2 Å². The van der Waals surface area contributed by atoms with Crippen LogP contribution < -0.4 is 25.6 Å². The molecule has 214 valence electrons. The molecule has 0 atom stereocenters. The molecule has 41 heavy (non-hydrogen) atoms. The Kier molecular flexibility index (Phi) is 7.69. The monoisotopic (exact) mass is 582 g/mol. The highest BCUT2D eigenvalue weighted by atomic mass is 32.1. The molecule has 11 nitrogen and oxygen atoms in total. The minimum atomic E-state index is -1.29. The van der Waals surface area contributed by atoms with Crippen LogP contribution in [0, 0.1) is 11.6 Å². The van der Waals surface area contributed by atoms with Gasteiger partial charge in [-0.25, -0.2) is 8.78 Å². The van der Waals surface area contributed by atoms with Gasteiger partial charge in [-0.05, 0) is 56.4 Å². The van der Waals surface area contributed by atoms with E-state index in [4.69, 9.17) is 4.74 Å². The van der Waals surface area contributed by atoms with Crippen molar-refractivity contribution in [2.24, 2.45) is 0 Å². The molecular weight excluding hydrogens is 554 g/mol. The number of rotatable bonds is 8. The van der Waals surface area contributed by atoms with Crippen LogP contribution in [-0.4, -0.2) is 72.0 Å². The molecule has 3 N–H and O–H groups in total. The van der Waals surface area contributed by atoms with Crippen LogP contribution in [0.15, 0.2) is 36.5 Å². The Balaban J connectivity index is 1.56. The molecule has 0 saturated heterocycles. The molecule has 3 heterocycles. The second-order valence-electron chi connectivity index (χ2n) is 9.62. The SMILES string of the molecule is CNC(=O)c1c(Nc2nc(Nc3cc4c(cc3OC)CCN4C(=O)CN(C)C)nc3c2ccn3S)ccc(F)c1F. The van der Waals surface area contributed by atoms with Crippen LogP contribution in [-0.2, 0) is 11.2 Å². The molecule has 5 rings (SSSR count). The Labute approximate surface area is 240 Å². The molecule has 2 amide bonds. The van der Waals surface area contributed by atoms with Gasteiger partial charge in [0.15, 0.2) is 17.3 Å². The van der Waals surface area contributed by atoms with Crippen molar-refractivity contribution in [2.45, 2.75) is 6.42 Å². The van der Waals surface area contributed by atoms with E-state index in [0.29, 0.717) is 35.4 Å². The number of fused-ring (bicyclic) bond motifs is 2. The molecule has 2 aromatic carbocycles. The number of benzene rings is 2. The van der Waals surface area contributed by atoms with E-state index in [-0.39, 0.29) is 29.9 Å². The lowest BCUT2D eigenvalue weighted by Crippen LogP contribution is -2.36. The summed E-state index contributed by atoms with van der Waals surface area (Å²) in [6.45, 7) is 0.824. The number of nitrogens with one attached hydrogen (secondary N) is 3. The summed E-state index contributed by atoms with van der Waals surface area (Å²) in [4.78, 5) is 38.0. The van der Waals surface area contributed by atoms with Crippen LogP contribution in [0.3, 0.4) is 0 Å². The lowest BCUT2D eigenvalue weighted by molar-refractivity contribution is -0.119. The minimum Gasteiger partial charge on any atom is -0.495 e. The molecule has 0 aliphatic carbocycles. The van der Waals surface area contributed by atoms with Gasteiger partial charge < -0.3 is 30.5 Å². The van der Waals surface area contributed by atoms with E-state index in [9.17, 15) is 18.4 Å². The lowest BCUT2D eigenvalue weighted by Gasteiger charge is -2.21. The van der Waals surface area contributed by atoms with Gasteiger partial charge >= 0.3 is 0 Å². The zero-order chi connectivity index (χ0) is 29.4. The Morgan fingerprint density at radius 3 is 2.61 bits per heavy atom. The molecule has 1 aliphatic heterocycles. The van der Waals surface area contributed by atoms with Crippen LogP contribution in [0.4, 0.5) is 37.6 Å². The fraction of sp³-hybridized carbons (Fsp3) is 0.259. The van der Waals surface area contributed by atoms with Crippen molar-refractivity contribution in [3.63, 3.8) is 0 Å². The van der Waals surface area contributed by atoms with E-state index >= 15 is 0 Å². The van der Waals surface area contributed by atoms with Gasteiger partial charge in [-0.3, -0.25) is 13.6 Å². The third-order valence-electron chi connectivity index (χ3n) is 6.62. The van der Waals surface area contributed by atoms with Crippen LogP contribution >= 0.6 is 12.8 Å². The van der Waals surface area contributed by atoms with E-state index < -0.39 is 23.1 Å². The van der Waals surface area contributed by atoms with Crippen molar-refractivity contribution in [1.29, 1.82) is 0 Å². The summed E-state index contributed by atoms with van der Waals surface area (Å²) < 4.78 is 35.7. The summed E-state index contributed by atoms with van der Waals surface area (Å²) >= 11 is 4.42. The molecule has 0 saturated carbocycles. The number of thiol groups is 1. The first kappa shape index (κ1) is 28.1. The van der Waals surface area contributed by atoms with Crippen LogP contribution in [0.5, 0.6) is 5.75 Å². The number of likely N-dealkylation sites (N-methyl/N-ethyl adjacent to an activating group) is 1. The number of hydrogen-bond acceptors (Lipinski definition) is 9. The predicted molar refractivity (Wildman–Crippen MR) is 156 cm³/mol. The number of carbonyl (C=O) groups is 2. The van der Waals surface area contributed by atoms with Gasteiger partial charge in [-0.1, -0.05) is 12.8 Å². The maximum absolute atomic E-state index is 14.7. The molecular formula is C27H28F2N8O3S. The normalized spacial score (nSPS) is 12.5. The largest absolute Gasteiger partial charge is 0.495 e. The molecule has 14 heteroatoms. The second kappa shape index (κ2) is 11.2. The molecule has 0 bridgehead atoms. The number of halogens is 2. The number of methoxy groups -OCH3 is 1. The van der Waals surface area contributed by atoms with E-state index in [1.807, 2.05) is 31.1 Å². The van der Waals surface area contributed by atoms with E-state index in [2.05, 4.69) is 38.7 Å². The van der Waals surface area contributed by atoms with E-state index in [0.717, 1.165) is 17.3 Å². The number of anilines is 5. The Bertz CT molecular complexity index is 1680.